The molecule has 136 valence electrons. The molecule has 0 radical (unpaired) electrons. The highest BCUT2D eigenvalue weighted by Crippen LogP contribution is 2.31. The third kappa shape index (κ3) is 3.54. The lowest BCUT2D eigenvalue weighted by Gasteiger charge is -2.10. The van der Waals surface area contributed by atoms with Crippen molar-refractivity contribution >= 4 is 40.2 Å². The van der Waals surface area contributed by atoms with Crippen LogP contribution in [-0.4, -0.2) is 32.6 Å². The van der Waals surface area contributed by atoms with Crippen molar-refractivity contribution in [2.24, 2.45) is 0 Å². The minimum Gasteiger partial charge on any atom is -0.439 e. The Kier molecular flexibility index (Phi) is 4.59. The van der Waals surface area contributed by atoms with Crippen LogP contribution in [0.25, 0.3) is 10.9 Å². The molecule has 1 aromatic heterocycles. The molecule has 8 nitrogen and oxygen atoms in total. The van der Waals surface area contributed by atoms with Crippen LogP contribution in [-0.2, 0) is 16.3 Å². The van der Waals surface area contributed by atoms with Crippen LogP contribution in [0, 0.1) is 0 Å². The van der Waals surface area contributed by atoms with Gasteiger partial charge in [0.1, 0.15) is 5.52 Å². The van der Waals surface area contributed by atoms with Crippen LogP contribution in [0.5, 0.6) is 0 Å². The van der Waals surface area contributed by atoms with Crippen molar-refractivity contribution < 1.29 is 14.3 Å². The number of nitrogens with one attached hydrogen (secondary N) is 1. The average Bonchev–Trinajstić information content (AvgIpc) is 2.87. The summed E-state index contributed by atoms with van der Waals surface area (Å²) in [5.74, 6) is -0.0282. The summed E-state index contributed by atoms with van der Waals surface area (Å²) in [6, 6.07) is 11.8. The second-order valence-electron chi connectivity index (χ2n) is 5.83. The van der Waals surface area contributed by atoms with Crippen LogP contribution in [0.4, 0.5) is 5.69 Å². The molecular weight excluding hydrogens is 368 g/mol. The minimum absolute atomic E-state index is 0.0928. The van der Waals surface area contributed by atoms with Crippen LogP contribution in [0.2, 0.25) is 0 Å². The van der Waals surface area contributed by atoms with Crippen molar-refractivity contribution in [3.05, 3.63) is 58.4 Å². The van der Waals surface area contributed by atoms with Crippen LogP contribution < -0.4 is 10.9 Å². The highest BCUT2D eigenvalue weighted by Gasteiger charge is 2.17. The van der Waals surface area contributed by atoms with E-state index in [0.717, 1.165) is 9.58 Å². The molecule has 1 aliphatic rings. The van der Waals surface area contributed by atoms with E-state index >= 15 is 0 Å². The number of amides is 1. The number of ether oxygens (including phenoxy) is 1. The van der Waals surface area contributed by atoms with E-state index in [0.29, 0.717) is 28.8 Å². The number of hydrogen-bond donors (Lipinski definition) is 1. The molecule has 9 heteroatoms. The van der Waals surface area contributed by atoms with Gasteiger partial charge in [-0.25, -0.2) is 4.79 Å². The summed E-state index contributed by atoms with van der Waals surface area (Å²) in [6.45, 7) is -0.353. The molecule has 0 spiro atoms. The summed E-state index contributed by atoms with van der Waals surface area (Å²) in [4.78, 5) is 37.3. The second kappa shape index (κ2) is 7.20. The van der Waals surface area contributed by atoms with E-state index in [4.69, 9.17) is 4.74 Å². The molecule has 1 N–H and O–H groups in total. The Morgan fingerprint density at radius 3 is 2.96 bits per heavy atom. The lowest BCUT2D eigenvalue weighted by atomic mass is 10.2. The molecule has 0 unspecified atom stereocenters. The first-order valence-corrected chi connectivity index (χ1v) is 9.17. The summed E-state index contributed by atoms with van der Waals surface area (Å²) in [6.07, 6.45) is 0.419. The van der Waals surface area contributed by atoms with Crippen molar-refractivity contribution in [1.29, 1.82) is 0 Å². The number of carbonyl (C=O) groups excluding carboxylic acids is 2. The maximum Gasteiger partial charge on any atom is 0.339 e. The van der Waals surface area contributed by atoms with Gasteiger partial charge in [0.25, 0.3) is 5.56 Å². The minimum atomic E-state index is -0.622. The van der Waals surface area contributed by atoms with Gasteiger partial charge in [0, 0.05) is 17.1 Å². The maximum atomic E-state index is 12.4. The average molecular weight is 382 g/mol. The van der Waals surface area contributed by atoms with Gasteiger partial charge in [-0.2, -0.15) is 4.68 Å². The zero-order valence-corrected chi connectivity index (χ0v) is 14.9. The van der Waals surface area contributed by atoms with Crippen LogP contribution in [0.3, 0.4) is 0 Å². The zero-order chi connectivity index (χ0) is 18.8. The Balaban J connectivity index is 1.53. The Morgan fingerprint density at radius 2 is 2.07 bits per heavy atom. The first-order chi connectivity index (χ1) is 13.1. The van der Waals surface area contributed by atoms with Gasteiger partial charge in [0.2, 0.25) is 5.91 Å². The number of carbonyl (C=O) groups is 2. The summed E-state index contributed by atoms with van der Waals surface area (Å²) < 4.78 is 6.18. The summed E-state index contributed by atoms with van der Waals surface area (Å²) in [5, 5.41) is 10.9. The molecule has 1 aliphatic heterocycles. The number of thioether (sulfide) groups is 1. The molecule has 4 rings (SSSR count). The van der Waals surface area contributed by atoms with E-state index in [-0.39, 0.29) is 23.8 Å². The number of esters is 1. The largest absolute Gasteiger partial charge is 0.439 e. The Bertz CT molecular complexity index is 1110. The molecular formula is C18H14N4O4S. The van der Waals surface area contributed by atoms with Gasteiger partial charge < -0.3 is 10.1 Å². The van der Waals surface area contributed by atoms with Crippen molar-refractivity contribution in [3.63, 3.8) is 0 Å². The normalized spacial score (nSPS) is 13.6. The van der Waals surface area contributed by atoms with Crippen LogP contribution in [0.15, 0.2) is 52.2 Å². The van der Waals surface area contributed by atoms with Gasteiger partial charge in [0.05, 0.1) is 16.6 Å². The van der Waals surface area contributed by atoms with Crippen molar-refractivity contribution in [1.82, 2.24) is 15.0 Å². The number of hydrogen-bond acceptors (Lipinski definition) is 7. The molecule has 2 heterocycles. The van der Waals surface area contributed by atoms with E-state index in [9.17, 15) is 14.4 Å². The quantitative estimate of drug-likeness (QED) is 0.692. The lowest BCUT2D eigenvalue weighted by molar-refractivity contribution is -0.115. The fraction of sp³-hybridized carbons (Fsp3) is 0.167. The van der Waals surface area contributed by atoms with Gasteiger partial charge in [-0.05, 0) is 30.3 Å². The molecule has 1 amide bonds. The monoisotopic (exact) mass is 382 g/mol. The van der Waals surface area contributed by atoms with E-state index < -0.39 is 5.97 Å². The second-order valence-corrected chi connectivity index (χ2v) is 6.97. The maximum absolute atomic E-state index is 12.4. The van der Waals surface area contributed by atoms with E-state index in [1.165, 1.54) is 0 Å². The zero-order valence-electron chi connectivity index (χ0n) is 14.0. The molecule has 0 saturated carbocycles. The molecule has 0 aliphatic carbocycles. The van der Waals surface area contributed by atoms with Crippen molar-refractivity contribution in [3.8, 4) is 0 Å². The summed E-state index contributed by atoms with van der Waals surface area (Å²) >= 11 is 1.55. The predicted octanol–water partition coefficient (Wildman–Crippen LogP) is 2.04. The number of anilines is 1. The molecule has 0 atom stereocenters. The van der Waals surface area contributed by atoms with E-state index in [1.54, 1.807) is 54.2 Å². The molecule has 0 fully saturated rings. The third-order valence-corrected chi connectivity index (χ3v) is 5.10. The van der Waals surface area contributed by atoms with Crippen LogP contribution >= 0.6 is 11.8 Å². The van der Waals surface area contributed by atoms with Gasteiger partial charge in [-0.3, -0.25) is 9.59 Å². The van der Waals surface area contributed by atoms with Crippen LogP contribution in [0.1, 0.15) is 16.8 Å². The molecule has 0 bridgehead atoms. The van der Waals surface area contributed by atoms with Crippen molar-refractivity contribution in [2.75, 3.05) is 11.1 Å². The number of rotatable bonds is 3. The standard InChI is InChI=1S/C18H14N4O4S/c23-16-7-8-27-15-6-5-11(9-14(15)19-16)18(25)26-10-22-17(24)12-3-1-2-4-13(12)20-21-22/h1-6,9H,7-8,10H2,(H,19,23). The highest BCUT2D eigenvalue weighted by molar-refractivity contribution is 7.99. The summed E-state index contributed by atoms with van der Waals surface area (Å²) in [7, 11) is 0. The van der Waals surface area contributed by atoms with E-state index in [1.807, 2.05) is 0 Å². The van der Waals surface area contributed by atoms with Gasteiger partial charge in [0.15, 0.2) is 6.73 Å². The first kappa shape index (κ1) is 17.2. The SMILES string of the molecule is O=C1CCSc2ccc(C(=O)OCn3nnc4ccccc4c3=O)cc2N1. The molecule has 3 aromatic rings. The number of aromatic nitrogens is 3. The van der Waals surface area contributed by atoms with Gasteiger partial charge >= 0.3 is 5.97 Å². The smallest absolute Gasteiger partial charge is 0.339 e. The van der Waals surface area contributed by atoms with Crippen molar-refractivity contribution in [2.45, 2.75) is 18.0 Å². The van der Waals surface area contributed by atoms with Gasteiger partial charge in [-0.15, -0.1) is 16.9 Å². The molecule has 0 saturated heterocycles. The molecule has 2 aromatic carbocycles. The Labute approximate surface area is 157 Å². The number of benzene rings is 2. The topological polar surface area (TPSA) is 103 Å². The highest BCUT2D eigenvalue weighted by atomic mass is 32.2. The predicted molar refractivity (Wildman–Crippen MR) is 99.6 cm³/mol. The lowest BCUT2D eigenvalue weighted by Crippen LogP contribution is -2.26. The number of fused-ring (bicyclic) bond motifs is 2. The Morgan fingerprint density at radius 1 is 1.22 bits per heavy atom. The summed E-state index contributed by atoms with van der Waals surface area (Å²) in [5.41, 5.74) is 0.945. The Hall–Kier alpha value is -3.20. The fourth-order valence-electron chi connectivity index (χ4n) is 2.66. The molecule has 27 heavy (non-hydrogen) atoms. The third-order valence-electron chi connectivity index (χ3n) is 4.02. The fourth-order valence-corrected chi connectivity index (χ4v) is 3.60. The first-order valence-electron chi connectivity index (χ1n) is 8.18. The number of nitrogens with zero attached hydrogens (tertiary/aromatic N) is 3. The van der Waals surface area contributed by atoms with E-state index in [2.05, 4.69) is 15.6 Å². The van der Waals surface area contributed by atoms with Gasteiger partial charge in [-0.1, -0.05) is 17.3 Å².